The zero-order valence-electron chi connectivity index (χ0n) is 15.7. The van der Waals surface area contributed by atoms with Gasteiger partial charge in [0.25, 0.3) is 0 Å². The van der Waals surface area contributed by atoms with Gasteiger partial charge in [0.2, 0.25) is 0 Å². The van der Waals surface area contributed by atoms with Crippen LogP contribution in [0.25, 0.3) is 12.2 Å². The van der Waals surface area contributed by atoms with Gasteiger partial charge in [0.15, 0.2) is 0 Å². The van der Waals surface area contributed by atoms with Gasteiger partial charge in [-0.15, -0.1) is 0 Å². The van der Waals surface area contributed by atoms with Crippen LogP contribution in [0.4, 0.5) is 0 Å². The van der Waals surface area contributed by atoms with E-state index in [1.807, 2.05) is 10.6 Å². The first-order valence-electron chi connectivity index (χ1n) is 10.1. The summed E-state index contributed by atoms with van der Waals surface area (Å²) in [4.78, 5) is 0. The fraction of sp³-hybridized carbons (Fsp3) is 0.333. The molecule has 0 nitrogen and oxygen atoms in total. The number of hydrogen-bond acceptors (Lipinski definition) is 0. The maximum Gasteiger partial charge on any atom is -1.00 e. The second-order valence-electron chi connectivity index (χ2n) is 8.09. The summed E-state index contributed by atoms with van der Waals surface area (Å²) >= 11 is -0.581. The van der Waals surface area contributed by atoms with E-state index in [0.717, 1.165) is 12.9 Å². The molecule has 1 saturated carbocycles. The van der Waals surface area contributed by atoms with Gasteiger partial charge in [0.05, 0.1) is 0 Å². The summed E-state index contributed by atoms with van der Waals surface area (Å²) in [5, 5.41) is 3.77. The fourth-order valence-electron chi connectivity index (χ4n) is 5.46. The van der Waals surface area contributed by atoms with Crippen molar-refractivity contribution < 1.29 is 48.0 Å². The zero-order chi connectivity index (χ0) is 17.1. The maximum atomic E-state index is 2.64. The van der Waals surface area contributed by atoms with Crippen molar-refractivity contribution in [3.8, 4) is 0 Å². The molecule has 0 spiro atoms. The quantitative estimate of drug-likeness (QED) is 0.511. The predicted molar refractivity (Wildman–Crippen MR) is 108 cm³/mol. The van der Waals surface area contributed by atoms with Crippen LogP contribution in [0.1, 0.15) is 61.6 Å². The first kappa shape index (κ1) is 21.1. The van der Waals surface area contributed by atoms with Crippen LogP contribution < -0.4 is 24.8 Å². The van der Waals surface area contributed by atoms with Gasteiger partial charge >= 0.3 is 170 Å². The minimum Gasteiger partial charge on any atom is -1.00 e. The molecule has 142 valence electrons. The Bertz CT molecular complexity index is 878. The number of benzene rings is 2. The standard InChI is InChI=1S/C24H23P.2ClH.Zr/c1-2-12-22(13-3-1)25(23-14-18-8-4-5-9-19(18)15-23)24-16-20-10-6-7-11-21(20)17-24;;;/h4-11,14-17,22H,1-3,12-13H2;2*1H;/q;;;+2/p-2. The second-order valence-corrected chi connectivity index (χ2v) is 14.3. The molecular formula is C24H23Cl2PZr. The van der Waals surface area contributed by atoms with E-state index in [0.29, 0.717) is 0 Å². The number of rotatable bonds is 1. The molecular weight excluding hydrogens is 481 g/mol. The third kappa shape index (κ3) is 3.26. The molecule has 0 aromatic heterocycles. The van der Waals surface area contributed by atoms with Crippen molar-refractivity contribution >= 4 is 20.1 Å². The maximum absolute atomic E-state index is 2.64. The average Bonchev–Trinajstić information content (AvgIpc) is 3.25. The van der Waals surface area contributed by atoms with E-state index in [2.05, 4.69) is 60.7 Å². The van der Waals surface area contributed by atoms with Gasteiger partial charge in [-0.1, -0.05) is 0 Å². The molecule has 4 aliphatic rings. The van der Waals surface area contributed by atoms with Gasteiger partial charge in [0, 0.05) is 0 Å². The summed E-state index contributed by atoms with van der Waals surface area (Å²) in [6.45, 7) is 0. The Morgan fingerprint density at radius 1 is 0.679 bits per heavy atom. The summed E-state index contributed by atoms with van der Waals surface area (Å²) in [6.07, 6.45) is 12.6. The Morgan fingerprint density at radius 2 is 1.18 bits per heavy atom. The van der Waals surface area contributed by atoms with Crippen molar-refractivity contribution in [3.63, 3.8) is 0 Å². The van der Waals surface area contributed by atoms with Crippen molar-refractivity contribution in [1.82, 2.24) is 0 Å². The van der Waals surface area contributed by atoms with Crippen molar-refractivity contribution in [2.45, 2.75) is 45.0 Å². The van der Waals surface area contributed by atoms with Crippen LogP contribution in [0.2, 0.25) is 0 Å². The van der Waals surface area contributed by atoms with E-state index >= 15 is 0 Å². The minimum absolute atomic E-state index is 0. The molecule has 0 bridgehead atoms. The minimum atomic E-state index is -0.581. The van der Waals surface area contributed by atoms with Crippen LogP contribution in [0.5, 0.6) is 0 Å². The normalized spacial score (nSPS) is 26.6. The fourth-order valence-corrected chi connectivity index (χ4v) is 16.0. The molecule has 4 heteroatoms. The molecule has 2 aromatic carbocycles. The first-order valence-corrected chi connectivity index (χ1v) is 14.3. The van der Waals surface area contributed by atoms with Crippen molar-refractivity contribution in [3.05, 3.63) is 81.4 Å². The Morgan fingerprint density at radius 3 is 1.71 bits per heavy atom. The molecule has 2 unspecified atom stereocenters. The number of hydrogen-bond donors (Lipinski definition) is 0. The smallest absolute Gasteiger partial charge is 1.00 e. The molecule has 1 aliphatic heterocycles. The molecule has 6 rings (SSSR count). The first-order chi connectivity index (χ1) is 12.9. The van der Waals surface area contributed by atoms with Crippen LogP contribution >= 0.6 is 7.92 Å². The van der Waals surface area contributed by atoms with Gasteiger partial charge < -0.3 is 24.8 Å². The molecule has 0 radical (unpaired) electrons. The van der Waals surface area contributed by atoms with Crippen molar-refractivity contribution in [2.75, 3.05) is 0 Å². The molecule has 28 heavy (non-hydrogen) atoms. The van der Waals surface area contributed by atoms with Gasteiger partial charge in [-0.3, -0.25) is 0 Å². The van der Waals surface area contributed by atoms with E-state index in [1.54, 1.807) is 22.3 Å². The van der Waals surface area contributed by atoms with Gasteiger partial charge in [0.1, 0.15) is 0 Å². The van der Waals surface area contributed by atoms with Crippen LogP contribution in [0.3, 0.4) is 0 Å². The molecule has 2 aromatic rings. The molecule has 3 aliphatic carbocycles. The third-order valence-corrected chi connectivity index (χ3v) is 15.7. The summed E-state index contributed by atoms with van der Waals surface area (Å²) < 4.78 is 1.69. The zero-order valence-corrected chi connectivity index (χ0v) is 20.6. The SMILES string of the molecule is C1=C2[CH]([Zr+2][CH]3C(=Cc4ccccc43)P2C2CCCCC2)c2ccccc21.[Cl-].[Cl-]. The molecule has 2 fully saturated rings. The van der Waals surface area contributed by atoms with Crippen LogP contribution in [-0.4, -0.2) is 5.66 Å². The van der Waals surface area contributed by atoms with Crippen molar-refractivity contribution in [1.29, 1.82) is 0 Å². The largest absolute Gasteiger partial charge is 1.00 e. The van der Waals surface area contributed by atoms with Crippen LogP contribution in [-0.2, 0) is 23.2 Å². The van der Waals surface area contributed by atoms with Gasteiger partial charge in [-0.25, -0.2) is 0 Å². The molecule has 2 atom stereocenters. The van der Waals surface area contributed by atoms with E-state index in [1.165, 1.54) is 32.1 Å². The molecule has 0 N–H and O–H groups in total. The summed E-state index contributed by atoms with van der Waals surface area (Å²) in [5.74, 6) is 0. The second kappa shape index (κ2) is 8.51. The average molecular weight is 505 g/mol. The Labute approximate surface area is 193 Å². The number of halogens is 2. The monoisotopic (exact) mass is 502 g/mol. The topological polar surface area (TPSA) is 0 Å². The summed E-state index contributed by atoms with van der Waals surface area (Å²) in [6, 6.07) is 18.6. The molecule has 1 heterocycles. The summed E-state index contributed by atoms with van der Waals surface area (Å²) in [5.41, 5.74) is 7.40. The Kier molecular flexibility index (Phi) is 6.40. The molecule has 1 saturated heterocycles. The van der Waals surface area contributed by atoms with E-state index < -0.39 is 23.2 Å². The number of fused-ring (bicyclic) bond motifs is 6. The third-order valence-electron chi connectivity index (χ3n) is 6.64. The van der Waals surface area contributed by atoms with E-state index in [-0.39, 0.29) is 32.7 Å². The van der Waals surface area contributed by atoms with Crippen LogP contribution in [0.15, 0.2) is 59.2 Å². The molecule has 0 amide bonds. The Hall–Kier alpha value is -0.187. The Balaban J connectivity index is 0.000000961. The van der Waals surface area contributed by atoms with E-state index in [4.69, 9.17) is 0 Å². The predicted octanol–water partition coefficient (Wildman–Crippen LogP) is 1.10. The number of allylic oxidation sites excluding steroid dienone is 2. The van der Waals surface area contributed by atoms with Crippen LogP contribution in [0, 0.1) is 0 Å². The van der Waals surface area contributed by atoms with E-state index in [9.17, 15) is 0 Å². The van der Waals surface area contributed by atoms with Gasteiger partial charge in [-0.05, 0) is 0 Å². The van der Waals surface area contributed by atoms with Gasteiger partial charge in [-0.2, -0.15) is 0 Å². The summed E-state index contributed by atoms with van der Waals surface area (Å²) in [7, 11) is -0.0986. The van der Waals surface area contributed by atoms with Crippen molar-refractivity contribution in [2.24, 2.45) is 0 Å².